The van der Waals surface area contributed by atoms with Crippen LogP contribution in [0.2, 0.25) is 0 Å². The van der Waals surface area contributed by atoms with Gasteiger partial charge in [-0.3, -0.25) is 0 Å². The van der Waals surface area contributed by atoms with Crippen LogP contribution in [0.3, 0.4) is 0 Å². The zero-order valence-corrected chi connectivity index (χ0v) is 14.7. The van der Waals surface area contributed by atoms with Gasteiger partial charge in [0.15, 0.2) is 5.11 Å². The van der Waals surface area contributed by atoms with E-state index in [0.717, 1.165) is 5.56 Å². The van der Waals surface area contributed by atoms with Crippen LogP contribution >= 0.6 is 12.2 Å². The van der Waals surface area contributed by atoms with Gasteiger partial charge in [0.25, 0.3) is 0 Å². The molecule has 0 aromatic heterocycles. The van der Waals surface area contributed by atoms with Gasteiger partial charge in [0.1, 0.15) is 5.82 Å². The lowest BCUT2D eigenvalue weighted by Crippen LogP contribution is -2.30. The number of sulfonamides is 1. The predicted octanol–water partition coefficient (Wildman–Crippen LogP) is 2.31. The SMILES string of the molecule is Cc1ccc(NC(=S)NCCc2ccc(S(N)(=O)=O)cc2)cc1F. The molecule has 0 aliphatic heterocycles. The number of hydrogen-bond acceptors (Lipinski definition) is 3. The number of primary sulfonamides is 1. The molecule has 2 rings (SSSR count). The molecule has 0 radical (unpaired) electrons. The van der Waals surface area contributed by atoms with Gasteiger partial charge in [-0.25, -0.2) is 17.9 Å². The van der Waals surface area contributed by atoms with Gasteiger partial charge in [-0.15, -0.1) is 0 Å². The standard InChI is InChI=1S/C16H18FN3O2S2/c1-11-2-5-13(10-15(11)17)20-16(23)19-9-8-12-3-6-14(7-4-12)24(18,21)22/h2-7,10H,8-9H2,1H3,(H2,18,21,22)(H2,19,20,23). The number of aryl methyl sites for hydroxylation is 1. The van der Waals surface area contributed by atoms with Crippen LogP contribution in [0.4, 0.5) is 10.1 Å². The number of anilines is 1. The molecule has 0 saturated heterocycles. The topological polar surface area (TPSA) is 84.2 Å². The van der Waals surface area contributed by atoms with Crippen molar-refractivity contribution in [3.63, 3.8) is 0 Å². The van der Waals surface area contributed by atoms with E-state index < -0.39 is 10.0 Å². The van der Waals surface area contributed by atoms with Gasteiger partial charge < -0.3 is 10.6 Å². The number of hydrogen-bond donors (Lipinski definition) is 3. The highest BCUT2D eigenvalue weighted by molar-refractivity contribution is 7.89. The van der Waals surface area contributed by atoms with Gasteiger partial charge in [-0.2, -0.15) is 0 Å². The lowest BCUT2D eigenvalue weighted by Gasteiger charge is -2.11. The first-order valence-corrected chi connectivity index (χ1v) is 9.14. The third-order valence-corrected chi connectivity index (χ3v) is 4.56. The highest BCUT2D eigenvalue weighted by Gasteiger charge is 2.06. The van der Waals surface area contributed by atoms with Crippen molar-refractivity contribution in [2.24, 2.45) is 5.14 Å². The van der Waals surface area contributed by atoms with Gasteiger partial charge in [-0.1, -0.05) is 18.2 Å². The van der Waals surface area contributed by atoms with E-state index in [4.69, 9.17) is 17.4 Å². The van der Waals surface area contributed by atoms with E-state index in [-0.39, 0.29) is 10.7 Å². The molecule has 0 unspecified atom stereocenters. The molecule has 0 amide bonds. The van der Waals surface area contributed by atoms with Crippen LogP contribution in [0.25, 0.3) is 0 Å². The minimum atomic E-state index is -3.67. The normalized spacial score (nSPS) is 11.1. The fourth-order valence-electron chi connectivity index (χ4n) is 2.01. The molecule has 128 valence electrons. The molecule has 0 fully saturated rings. The maximum absolute atomic E-state index is 13.5. The van der Waals surface area contributed by atoms with E-state index in [1.807, 2.05) is 0 Å². The first-order valence-electron chi connectivity index (χ1n) is 7.18. The second-order valence-electron chi connectivity index (χ2n) is 5.28. The molecule has 24 heavy (non-hydrogen) atoms. The van der Waals surface area contributed by atoms with Crippen molar-refractivity contribution in [2.75, 3.05) is 11.9 Å². The van der Waals surface area contributed by atoms with Crippen LogP contribution in [0.1, 0.15) is 11.1 Å². The fraction of sp³-hybridized carbons (Fsp3) is 0.188. The lowest BCUT2D eigenvalue weighted by molar-refractivity contribution is 0.597. The summed E-state index contributed by atoms with van der Waals surface area (Å²) in [5.74, 6) is -0.294. The molecule has 4 N–H and O–H groups in total. The van der Waals surface area contributed by atoms with E-state index in [9.17, 15) is 12.8 Å². The smallest absolute Gasteiger partial charge is 0.238 e. The maximum atomic E-state index is 13.5. The Labute approximate surface area is 146 Å². The van der Waals surface area contributed by atoms with Crippen molar-refractivity contribution in [3.8, 4) is 0 Å². The third kappa shape index (κ3) is 5.26. The van der Waals surface area contributed by atoms with Gasteiger partial charge in [0.2, 0.25) is 10.0 Å². The first-order chi connectivity index (χ1) is 11.3. The van der Waals surface area contributed by atoms with E-state index in [0.29, 0.717) is 29.3 Å². The molecule has 0 spiro atoms. The maximum Gasteiger partial charge on any atom is 0.238 e. The van der Waals surface area contributed by atoms with Gasteiger partial charge in [0, 0.05) is 12.2 Å². The molecular formula is C16H18FN3O2S2. The second kappa shape index (κ2) is 7.69. The lowest BCUT2D eigenvalue weighted by atomic mass is 10.1. The van der Waals surface area contributed by atoms with Crippen LogP contribution in [0.5, 0.6) is 0 Å². The Bertz CT molecular complexity index is 837. The monoisotopic (exact) mass is 367 g/mol. The van der Waals surface area contributed by atoms with Crippen molar-refractivity contribution in [1.29, 1.82) is 0 Å². The quantitative estimate of drug-likeness (QED) is 0.706. The Morgan fingerprint density at radius 1 is 1.21 bits per heavy atom. The summed E-state index contributed by atoms with van der Waals surface area (Å²) in [4.78, 5) is 0.0813. The van der Waals surface area contributed by atoms with Gasteiger partial charge in [0.05, 0.1) is 4.90 Å². The van der Waals surface area contributed by atoms with E-state index >= 15 is 0 Å². The molecular weight excluding hydrogens is 349 g/mol. The van der Waals surface area contributed by atoms with Crippen LogP contribution in [-0.4, -0.2) is 20.1 Å². The van der Waals surface area contributed by atoms with Crippen molar-refractivity contribution in [1.82, 2.24) is 5.32 Å². The molecule has 0 aliphatic rings. The average Bonchev–Trinajstić information content (AvgIpc) is 2.50. The summed E-state index contributed by atoms with van der Waals surface area (Å²) in [6, 6.07) is 11.1. The van der Waals surface area contributed by atoms with Crippen LogP contribution in [-0.2, 0) is 16.4 Å². The number of benzene rings is 2. The molecule has 0 aliphatic carbocycles. The number of rotatable bonds is 5. The van der Waals surface area contributed by atoms with Crippen molar-refractivity contribution in [2.45, 2.75) is 18.2 Å². The molecule has 5 nitrogen and oxygen atoms in total. The molecule has 0 heterocycles. The molecule has 8 heteroatoms. The highest BCUT2D eigenvalue weighted by atomic mass is 32.2. The van der Waals surface area contributed by atoms with E-state index in [1.165, 1.54) is 18.2 Å². The van der Waals surface area contributed by atoms with E-state index in [2.05, 4.69) is 10.6 Å². The summed E-state index contributed by atoms with van der Waals surface area (Å²) in [5.41, 5.74) is 2.09. The fourth-order valence-corrected chi connectivity index (χ4v) is 2.75. The summed E-state index contributed by atoms with van der Waals surface area (Å²) >= 11 is 5.16. The van der Waals surface area contributed by atoms with Gasteiger partial charge >= 0.3 is 0 Å². The van der Waals surface area contributed by atoms with Crippen LogP contribution in [0, 0.1) is 12.7 Å². The number of halogens is 1. The highest BCUT2D eigenvalue weighted by Crippen LogP contribution is 2.13. The minimum absolute atomic E-state index is 0.0813. The average molecular weight is 367 g/mol. The van der Waals surface area contributed by atoms with Crippen molar-refractivity contribution < 1.29 is 12.8 Å². The Morgan fingerprint density at radius 3 is 2.46 bits per heavy atom. The molecule has 0 bridgehead atoms. The Kier molecular flexibility index (Phi) is 5.87. The van der Waals surface area contributed by atoms with E-state index in [1.54, 1.807) is 31.2 Å². The Balaban J connectivity index is 1.83. The number of nitrogens with one attached hydrogen (secondary N) is 2. The molecule has 2 aromatic carbocycles. The Morgan fingerprint density at radius 2 is 1.88 bits per heavy atom. The number of nitrogens with two attached hydrogens (primary N) is 1. The largest absolute Gasteiger partial charge is 0.362 e. The molecule has 0 saturated carbocycles. The summed E-state index contributed by atoms with van der Waals surface area (Å²) < 4.78 is 35.8. The second-order valence-corrected chi connectivity index (χ2v) is 7.25. The zero-order chi connectivity index (χ0) is 17.7. The van der Waals surface area contributed by atoms with Crippen molar-refractivity contribution in [3.05, 3.63) is 59.4 Å². The summed E-state index contributed by atoms with van der Waals surface area (Å²) in [6.07, 6.45) is 0.648. The van der Waals surface area contributed by atoms with Gasteiger partial charge in [-0.05, 0) is 61.0 Å². The predicted molar refractivity (Wildman–Crippen MR) is 96.9 cm³/mol. The summed E-state index contributed by atoms with van der Waals surface area (Å²) in [6.45, 7) is 2.24. The molecule has 0 atom stereocenters. The third-order valence-electron chi connectivity index (χ3n) is 3.38. The minimum Gasteiger partial charge on any atom is -0.362 e. The zero-order valence-electron chi connectivity index (χ0n) is 13.0. The van der Waals surface area contributed by atoms with Crippen LogP contribution < -0.4 is 15.8 Å². The Hall–Kier alpha value is -2.03. The first kappa shape index (κ1) is 18.3. The van der Waals surface area contributed by atoms with Crippen molar-refractivity contribution >= 4 is 33.0 Å². The van der Waals surface area contributed by atoms with Crippen LogP contribution in [0.15, 0.2) is 47.4 Å². The summed E-state index contributed by atoms with van der Waals surface area (Å²) in [7, 11) is -3.67. The molecule has 2 aromatic rings. The summed E-state index contributed by atoms with van der Waals surface area (Å²) in [5, 5.41) is 11.4. The number of thiocarbonyl (C=S) groups is 1.